The van der Waals surface area contributed by atoms with Gasteiger partial charge in [0.05, 0.1) is 25.3 Å². The molecule has 0 saturated carbocycles. The topological polar surface area (TPSA) is 73.2 Å². The number of aliphatic hydroxyl groups is 1. The van der Waals surface area contributed by atoms with E-state index in [1.54, 1.807) is 5.06 Å². The van der Waals surface area contributed by atoms with E-state index in [2.05, 4.69) is 0 Å². The van der Waals surface area contributed by atoms with Gasteiger partial charge in [0.2, 0.25) is 0 Å². The van der Waals surface area contributed by atoms with E-state index in [0.717, 1.165) is 5.56 Å². The van der Waals surface area contributed by atoms with Crippen molar-refractivity contribution in [1.82, 2.24) is 9.96 Å². The Hall–Kier alpha value is -1.63. The number of likely N-dealkylation sites (tertiary alicyclic amines) is 1. The summed E-state index contributed by atoms with van der Waals surface area (Å²) in [7, 11) is 0. The molecule has 0 aliphatic carbocycles. The number of hydroxylamine groups is 2. The monoisotopic (exact) mass is 278 g/mol. The molecule has 3 rings (SSSR count). The smallest absolute Gasteiger partial charge is 0.407 e. The minimum absolute atomic E-state index is 0.0171. The second kappa shape index (κ2) is 5.40. The lowest BCUT2D eigenvalue weighted by atomic mass is 10.0. The van der Waals surface area contributed by atoms with Gasteiger partial charge in [0.1, 0.15) is 0 Å². The molecule has 0 bridgehead atoms. The molecule has 0 radical (unpaired) electrons. The van der Waals surface area contributed by atoms with Crippen LogP contribution in [0.25, 0.3) is 0 Å². The zero-order valence-corrected chi connectivity index (χ0v) is 11.1. The lowest BCUT2D eigenvalue weighted by Gasteiger charge is -2.30. The van der Waals surface area contributed by atoms with E-state index >= 15 is 0 Å². The van der Waals surface area contributed by atoms with Crippen LogP contribution in [0.3, 0.4) is 0 Å². The quantitative estimate of drug-likeness (QED) is 0.861. The van der Waals surface area contributed by atoms with E-state index < -0.39 is 6.09 Å². The number of amides is 1. The van der Waals surface area contributed by atoms with E-state index in [4.69, 9.17) is 9.94 Å². The van der Waals surface area contributed by atoms with Crippen LogP contribution in [0.15, 0.2) is 30.3 Å². The van der Waals surface area contributed by atoms with Crippen molar-refractivity contribution in [3.8, 4) is 0 Å². The molecular weight excluding hydrogens is 260 g/mol. The van der Waals surface area contributed by atoms with Crippen molar-refractivity contribution in [3.05, 3.63) is 35.9 Å². The number of aliphatic hydroxyl groups excluding tert-OH is 1. The largest absolute Gasteiger partial charge is 0.465 e. The molecule has 2 heterocycles. The van der Waals surface area contributed by atoms with Gasteiger partial charge >= 0.3 is 6.09 Å². The van der Waals surface area contributed by atoms with Gasteiger partial charge < -0.3 is 15.1 Å². The molecule has 3 atom stereocenters. The van der Waals surface area contributed by atoms with Gasteiger partial charge in [0.25, 0.3) is 0 Å². The SMILES string of the molecule is O=C(O)N1C[C@H]2CON(C(CO)c3ccccc3)[C@H]2C1. The summed E-state index contributed by atoms with van der Waals surface area (Å²) in [5.41, 5.74) is 0.976. The first-order valence-electron chi connectivity index (χ1n) is 6.75. The fourth-order valence-electron chi connectivity index (χ4n) is 3.07. The summed E-state index contributed by atoms with van der Waals surface area (Å²) in [6, 6.07) is 9.42. The van der Waals surface area contributed by atoms with Gasteiger partial charge in [-0.1, -0.05) is 30.3 Å². The Morgan fingerprint density at radius 2 is 2.10 bits per heavy atom. The Kier molecular flexibility index (Phi) is 3.60. The zero-order valence-electron chi connectivity index (χ0n) is 11.1. The van der Waals surface area contributed by atoms with Gasteiger partial charge in [-0.05, 0) is 5.56 Å². The molecule has 108 valence electrons. The fraction of sp³-hybridized carbons (Fsp3) is 0.500. The summed E-state index contributed by atoms with van der Waals surface area (Å²) in [4.78, 5) is 18.2. The van der Waals surface area contributed by atoms with E-state index in [1.807, 2.05) is 30.3 Å². The molecule has 6 heteroatoms. The van der Waals surface area contributed by atoms with Crippen LogP contribution in [0.1, 0.15) is 11.6 Å². The van der Waals surface area contributed by atoms with Crippen LogP contribution in [-0.2, 0) is 4.84 Å². The van der Waals surface area contributed by atoms with Gasteiger partial charge in [0.15, 0.2) is 0 Å². The van der Waals surface area contributed by atoms with Crippen LogP contribution in [0.4, 0.5) is 4.79 Å². The number of rotatable bonds is 3. The average Bonchev–Trinajstić information content (AvgIpc) is 3.02. The van der Waals surface area contributed by atoms with Crippen molar-refractivity contribution in [2.24, 2.45) is 5.92 Å². The molecule has 2 fully saturated rings. The molecule has 2 saturated heterocycles. The maximum Gasteiger partial charge on any atom is 0.407 e. The number of carboxylic acid groups (broad SMARTS) is 1. The maximum absolute atomic E-state index is 11.1. The highest BCUT2D eigenvalue weighted by Gasteiger charge is 2.46. The van der Waals surface area contributed by atoms with Crippen LogP contribution in [0, 0.1) is 5.92 Å². The van der Waals surface area contributed by atoms with Gasteiger partial charge in [-0.25, -0.2) is 4.79 Å². The molecule has 1 amide bonds. The minimum atomic E-state index is -0.889. The van der Waals surface area contributed by atoms with E-state index in [0.29, 0.717) is 19.7 Å². The molecule has 1 aromatic carbocycles. The Labute approximate surface area is 117 Å². The Balaban J connectivity index is 1.78. The molecule has 1 aromatic rings. The Bertz CT molecular complexity index is 481. The van der Waals surface area contributed by atoms with Gasteiger partial charge in [-0.2, -0.15) is 5.06 Å². The van der Waals surface area contributed by atoms with E-state index in [-0.39, 0.29) is 24.6 Å². The average molecular weight is 278 g/mol. The third kappa shape index (κ3) is 2.26. The van der Waals surface area contributed by atoms with E-state index in [1.165, 1.54) is 4.90 Å². The summed E-state index contributed by atoms with van der Waals surface area (Å²) >= 11 is 0. The van der Waals surface area contributed by atoms with Crippen LogP contribution in [0.5, 0.6) is 0 Å². The standard InChI is InChI=1S/C14H18N2O4/c17-8-13(10-4-2-1-3-5-10)16-12-7-15(14(18)19)6-11(12)9-20-16/h1-5,11-13,17H,6-9H2,(H,18,19)/t11-,12-,13?/m0/s1. The first kappa shape index (κ1) is 13.4. The molecule has 1 unspecified atom stereocenters. The molecule has 2 aliphatic rings. The zero-order chi connectivity index (χ0) is 14.1. The minimum Gasteiger partial charge on any atom is -0.465 e. The van der Waals surface area contributed by atoms with Crippen LogP contribution in [-0.4, -0.2) is 58.6 Å². The maximum atomic E-state index is 11.1. The lowest BCUT2D eigenvalue weighted by Crippen LogP contribution is -2.39. The van der Waals surface area contributed by atoms with Gasteiger partial charge in [0, 0.05) is 19.0 Å². The number of fused-ring (bicyclic) bond motifs is 1. The van der Waals surface area contributed by atoms with Crippen molar-refractivity contribution >= 4 is 6.09 Å². The van der Waals surface area contributed by atoms with Crippen molar-refractivity contribution in [3.63, 3.8) is 0 Å². The number of carbonyl (C=O) groups is 1. The number of hydrogen-bond acceptors (Lipinski definition) is 4. The summed E-state index contributed by atoms with van der Waals surface area (Å²) in [6.07, 6.45) is -0.889. The number of benzene rings is 1. The third-order valence-electron chi connectivity index (χ3n) is 4.11. The van der Waals surface area contributed by atoms with Crippen molar-refractivity contribution in [2.75, 3.05) is 26.3 Å². The molecule has 20 heavy (non-hydrogen) atoms. The summed E-state index contributed by atoms with van der Waals surface area (Å²) in [5.74, 6) is 0.184. The van der Waals surface area contributed by atoms with Crippen molar-refractivity contribution < 1.29 is 19.8 Å². The second-order valence-corrected chi connectivity index (χ2v) is 5.28. The second-order valence-electron chi connectivity index (χ2n) is 5.28. The predicted octanol–water partition coefficient (Wildman–Crippen LogP) is 0.946. The van der Waals surface area contributed by atoms with E-state index in [9.17, 15) is 9.90 Å². The molecule has 0 spiro atoms. The summed E-state index contributed by atoms with van der Waals surface area (Å²) < 4.78 is 0. The highest BCUT2D eigenvalue weighted by Crippen LogP contribution is 2.35. The first-order chi connectivity index (χ1) is 9.70. The highest BCUT2D eigenvalue weighted by molar-refractivity contribution is 5.65. The predicted molar refractivity (Wildman–Crippen MR) is 70.9 cm³/mol. The third-order valence-corrected chi connectivity index (χ3v) is 4.11. The molecule has 0 aromatic heterocycles. The van der Waals surface area contributed by atoms with Crippen LogP contribution < -0.4 is 0 Å². The van der Waals surface area contributed by atoms with Crippen LogP contribution >= 0.6 is 0 Å². The number of hydrogen-bond donors (Lipinski definition) is 2. The Morgan fingerprint density at radius 1 is 1.35 bits per heavy atom. The van der Waals surface area contributed by atoms with Crippen LogP contribution in [0.2, 0.25) is 0 Å². The van der Waals surface area contributed by atoms with Gasteiger partial charge in [-0.3, -0.25) is 4.84 Å². The fourth-order valence-corrected chi connectivity index (χ4v) is 3.07. The molecular formula is C14H18N2O4. The lowest BCUT2D eigenvalue weighted by molar-refractivity contribution is -0.174. The molecule has 2 aliphatic heterocycles. The summed E-state index contributed by atoms with van der Waals surface area (Å²) in [6.45, 7) is 1.39. The summed E-state index contributed by atoms with van der Waals surface area (Å²) in [5, 5.41) is 20.5. The van der Waals surface area contributed by atoms with Crippen molar-refractivity contribution in [1.29, 1.82) is 0 Å². The highest BCUT2D eigenvalue weighted by atomic mass is 16.7. The number of nitrogens with zero attached hydrogens (tertiary/aromatic N) is 2. The van der Waals surface area contributed by atoms with Crippen molar-refractivity contribution in [2.45, 2.75) is 12.1 Å². The Morgan fingerprint density at radius 3 is 2.75 bits per heavy atom. The first-order valence-corrected chi connectivity index (χ1v) is 6.75. The molecule has 2 N–H and O–H groups in total. The normalized spacial score (nSPS) is 27.6. The molecule has 6 nitrogen and oxygen atoms in total. The van der Waals surface area contributed by atoms with Gasteiger partial charge in [-0.15, -0.1) is 0 Å².